The summed E-state index contributed by atoms with van der Waals surface area (Å²) in [6, 6.07) is 4.67. The number of halogens is 4. The number of rotatable bonds is 5. The Morgan fingerprint density at radius 1 is 1.02 bits per heavy atom. The summed E-state index contributed by atoms with van der Waals surface area (Å²) >= 11 is 0. The monoisotopic (exact) mass is 598 g/mol. The van der Waals surface area contributed by atoms with Crippen LogP contribution in [0.15, 0.2) is 18.2 Å². The Labute approximate surface area is 246 Å². The number of nitrogen functional groups attached to an aromatic ring is 1. The number of likely N-dealkylation sites (N-methyl/N-ethyl adjacent to an activating group) is 1. The van der Waals surface area contributed by atoms with Crippen molar-refractivity contribution in [2.75, 3.05) is 43.9 Å². The van der Waals surface area contributed by atoms with Crippen molar-refractivity contribution in [2.45, 2.75) is 51.0 Å². The fourth-order valence-electron chi connectivity index (χ4n) is 7.13. The molecule has 3 N–H and O–H groups in total. The molecular formula is C30H34F4N8O. The SMILES string of the molecule is Cc1c(-c2c(C(F)(F)F)cc3c(N4CC5CCC(C4)N5)nc(OC[C@@H]4[C@H](C)CN4C)nc3c2F)c2nc(N)ccc2n1C. The van der Waals surface area contributed by atoms with Crippen LogP contribution < -0.4 is 20.7 Å². The number of ether oxygens (including phenoxy) is 1. The van der Waals surface area contributed by atoms with Crippen LogP contribution >= 0.6 is 0 Å². The molecule has 4 aromatic rings. The van der Waals surface area contributed by atoms with Gasteiger partial charge < -0.3 is 25.3 Å². The zero-order valence-electron chi connectivity index (χ0n) is 24.5. The van der Waals surface area contributed by atoms with E-state index in [1.807, 2.05) is 11.9 Å². The lowest BCUT2D eigenvalue weighted by molar-refractivity contribution is -0.137. The molecule has 2 unspecified atom stereocenters. The Kier molecular flexibility index (Phi) is 6.47. The van der Waals surface area contributed by atoms with Gasteiger partial charge in [0.2, 0.25) is 0 Å². The molecule has 1 aromatic carbocycles. The molecule has 0 radical (unpaired) electrons. The van der Waals surface area contributed by atoms with Crippen LogP contribution in [0.3, 0.4) is 0 Å². The minimum Gasteiger partial charge on any atom is -0.462 e. The number of likely N-dealkylation sites (tertiary alicyclic amines) is 1. The number of nitrogens with one attached hydrogen (secondary N) is 1. The number of piperazine rings is 1. The van der Waals surface area contributed by atoms with Crippen molar-refractivity contribution in [3.8, 4) is 17.1 Å². The zero-order chi connectivity index (χ0) is 30.4. The van der Waals surface area contributed by atoms with Gasteiger partial charge in [-0.25, -0.2) is 9.37 Å². The maximum atomic E-state index is 16.9. The van der Waals surface area contributed by atoms with E-state index < -0.39 is 23.1 Å². The number of nitrogens with two attached hydrogens (primary N) is 1. The van der Waals surface area contributed by atoms with E-state index in [0.717, 1.165) is 25.5 Å². The minimum absolute atomic E-state index is 0.00159. The number of aryl methyl sites for hydroxylation is 1. The molecule has 0 spiro atoms. The Bertz CT molecular complexity index is 1730. The van der Waals surface area contributed by atoms with Crippen LogP contribution in [0, 0.1) is 18.7 Å². The molecule has 3 aliphatic rings. The number of fused-ring (bicyclic) bond motifs is 4. The largest absolute Gasteiger partial charge is 0.462 e. The molecule has 228 valence electrons. The molecule has 0 saturated carbocycles. The number of benzene rings is 1. The van der Waals surface area contributed by atoms with Crippen molar-refractivity contribution in [3.05, 3.63) is 35.3 Å². The molecular weight excluding hydrogens is 564 g/mol. The summed E-state index contributed by atoms with van der Waals surface area (Å²) in [5.41, 5.74) is 5.18. The van der Waals surface area contributed by atoms with Gasteiger partial charge in [-0.15, -0.1) is 0 Å². The first-order valence-corrected chi connectivity index (χ1v) is 14.6. The highest BCUT2D eigenvalue weighted by molar-refractivity contribution is 6.01. The van der Waals surface area contributed by atoms with Crippen molar-refractivity contribution in [2.24, 2.45) is 13.0 Å². The van der Waals surface area contributed by atoms with Crippen molar-refractivity contribution >= 4 is 33.6 Å². The smallest absolute Gasteiger partial charge is 0.417 e. The minimum atomic E-state index is -4.88. The normalized spacial score (nSPS) is 24.2. The second-order valence-electron chi connectivity index (χ2n) is 12.3. The highest BCUT2D eigenvalue weighted by Crippen LogP contribution is 2.46. The molecule has 7 rings (SSSR count). The summed E-state index contributed by atoms with van der Waals surface area (Å²) in [7, 11) is 3.70. The summed E-state index contributed by atoms with van der Waals surface area (Å²) in [5.74, 6) is -0.314. The first kappa shape index (κ1) is 28.1. The van der Waals surface area contributed by atoms with E-state index in [1.54, 1.807) is 30.7 Å². The van der Waals surface area contributed by atoms with Crippen LogP contribution in [0.25, 0.3) is 33.1 Å². The second-order valence-corrected chi connectivity index (χ2v) is 12.3. The molecule has 3 fully saturated rings. The summed E-state index contributed by atoms with van der Waals surface area (Å²) in [6.45, 7) is 6.07. The lowest BCUT2D eigenvalue weighted by atomic mass is 9.92. The van der Waals surface area contributed by atoms with E-state index in [2.05, 4.69) is 32.1 Å². The summed E-state index contributed by atoms with van der Waals surface area (Å²) in [5, 5.41) is 3.53. The van der Waals surface area contributed by atoms with E-state index >= 15 is 4.39 Å². The van der Waals surface area contributed by atoms with E-state index in [-0.39, 0.29) is 64.4 Å². The van der Waals surface area contributed by atoms with Crippen molar-refractivity contribution in [3.63, 3.8) is 0 Å². The van der Waals surface area contributed by atoms with Crippen LogP contribution in [-0.2, 0) is 13.2 Å². The first-order valence-electron chi connectivity index (χ1n) is 14.6. The third-order valence-corrected chi connectivity index (χ3v) is 9.50. The van der Waals surface area contributed by atoms with Crippen LogP contribution in [0.5, 0.6) is 6.01 Å². The van der Waals surface area contributed by atoms with Crippen molar-refractivity contribution in [1.82, 2.24) is 29.7 Å². The Morgan fingerprint density at radius 3 is 2.40 bits per heavy atom. The molecule has 3 aliphatic heterocycles. The van der Waals surface area contributed by atoms with Crippen LogP contribution in [0.4, 0.5) is 29.2 Å². The second kappa shape index (κ2) is 9.91. The Hall–Kier alpha value is -3.71. The van der Waals surface area contributed by atoms with Gasteiger partial charge in [-0.3, -0.25) is 4.90 Å². The van der Waals surface area contributed by atoms with Gasteiger partial charge in [0.25, 0.3) is 0 Å². The van der Waals surface area contributed by atoms with Crippen LogP contribution in [0.2, 0.25) is 0 Å². The number of hydrogen-bond acceptors (Lipinski definition) is 8. The quantitative estimate of drug-likeness (QED) is 0.324. The van der Waals surface area contributed by atoms with Gasteiger partial charge in [0.05, 0.1) is 16.6 Å². The molecule has 0 amide bonds. The van der Waals surface area contributed by atoms with E-state index in [1.165, 1.54) is 0 Å². The van der Waals surface area contributed by atoms with Crippen molar-refractivity contribution < 1.29 is 22.3 Å². The number of hydrogen-bond donors (Lipinski definition) is 2. The summed E-state index contributed by atoms with van der Waals surface area (Å²) in [4.78, 5) is 17.5. The molecule has 3 aromatic heterocycles. The van der Waals surface area contributed by atoms with Crippen molar-refractivity contribution in [1.29, 1.82) is 0 Å². The lowest BCUT2D eigenvalue weighted by Gasteiger charge is -2.43. The molecule has 6 heterocycles. The fourth-order valence-corrected chi connectivity index (χ4v) is 7.13. The first-order chi connectivity index (χ1) is 20.4. The fraction of sp³-hybridized carbons (Fsp3) is 0.500. The number of aromatic nitrogens is 4. The maximum absolute atomic E-state index is 16.9. The van der Waals surface area contributed by atoms with Gasteiger partial charge in [0.1, 0.15) is 23.8 Å². The highest BCUT2D eigenvalue weighted by atomic mass is 19.4. The van der Waals surface area contributed by atoms with Gasteiger partial charge in [-0.05, 0) is 50.9 Å². The Morgan fingerprint density at radius 2 is 1.74 bits per heavy atom. The van der Waals surface area contributed by atoms with E-state index in [9.17, 15) is 13.2 Å². The van der Waals surface area contributed by atoms with E-state index in [4.69, 9.17) is 10.5 Å². The lowest BCUT2D eigenvalue weighted by Crippen LogP contribution is -2.55. The number of pyridine rings is 1. The third kappa shape index (κ3) is 4.55. The highest BCUT2D eigenvalue weighted by Gasteiger charge is 2.40. The topological polar surface area (TPSA) is 97.4 Å². The molecule has 2 bridgehead atoms. The van der Waals surface area contributed by atoms with E-state index in [0.29, 0.717) is 30.2 Å². The molecule has 0 aliphatic carbocycles. The standard InChI is InChI=1S/C30H34F4N8O/c1-14-10-40(3)21(14)13-43-29-38-26-18(28(39-29)42-11-16-5-6-17(12-42)36-16)9-19(30(32,33)34)24(25(26)31)23-15(2)41(4)20-7-8-22(35)37-27(20)23/h7-9,14,16-17,21,36H,5-6,10-13H2,1-4H3,(H2,35,37)/t14-,16?,17?,21-/m1/s1. The maximum Gasteiger partial charge on any atom is 0.417 e. The number of alkyl halides is 3. The number of anilines is 2. The van der Waals surface area contributed by atoms with Gasteiger partial charge in [0, 0.05) is 67.0 Å². The molecule has 3 saturated heterocycles. The zero-order valence-corrected chi connectivity index (χ0v) is 24.5. The van der Waals surface area contributed by atoms with Gasteiger partial charge in [-0.1, -0.05) is 6.92 Å². The van der Waals surface area contributed by atoms with Gasteiger partial charge in [-0.2, -0.15) is 23.1 Å². The summed E-state index contributed by atoms with van der Waals surface area (Å²) < 4.78 is 69.2. The average Bonchev–Trinajstić information content (AvgIpc) is 3.41. The molecule has 13 heteroatoms. The molecule has 9 nitrogen and oxygen atoms in total. The Balaban J connectivity index is 1.47. The predicted molar refractivity (Wildman–Crippen MR) is 157 cm³/mol. The third-order valence-electron chi connectivity index (χ3n) is 9.50. The van der Waals surface area contributed by atoms with Crippen LogP contribution in [-0.4, -0.2) is 75.8 Å². The van der Waals surface area contributed by atoms with Crippen LogP contribution in [0.1, 0.15) is 31.0 Å². The number of nitrogens with zero attached hydrogens (tertiary/aromatic N) is 6. The molecule has 43 heavy (non-hydrogen) atoms. The summed E-state index contributed by atoms with van der Waals surface area (Å²) in [6.07, 6.45) is -2.95. The molecule has 4 atom stereocenters. The predicted octanol–water partition coefficient (Wildman–Crippen LogP) is 4.50. The average molecular weight is 599 g/mol. The van der Waals surface area contributed by atoms with Gasteiger partial charge in [0.15, 0.2) is 5.82 Å². The van der Waals surface area contributed by atoms with Gasteiger partial charge >= 0.3 is 12.2 Å².